The molecular formula is C25H38N2O4. The Balaban J connectivity index is 1.87. The van der Waals surface area contributed by atoms with Crippen LogP contribution in [0.3, 0.4) is 0 Å². The van der Waals surface area contributed by atoms with Crippen molar-refractivity contribution in [3.05, 3.63) is 48.6 Å². The average molecular weight is 431 g/mol. The molecule has 0 saturated heterocycles. The highest BCUT2D eigenvalue weighted by molar-refractivity contribution is 5.86. The summed E-state index contributed by atoms with van der Waals surface area (Å²) in [6.07, 6.45) is 9.32. The highest BCUT2D eigenvalue weighted by atomic mass is 16.3. The van der Waals surface area contributed by atoms with E-state index in [9.17, 15) is 19.8 Å². The van der Waals surface area contributed by atoms with Crippen LogP contribution in [0, 0.1) is 11.8 Å². The zero-order valence-corrected chi connectivity index (χ0v) is 18.5. The standard InChI is InChI=1S/C25H38N2O4/c1-2-9-21(25(31)27-23(18-29)15-20-12-7-4-8-13-20)16-24(30)26-22(17-28)14-19-10-5-3-6-11-19/h2-3,5-6,10-11,20-23,28-29H,1,4,7-9,12-18H2,(H,26,30)(H,27,31)/t21-,22-,23+/m1/s1. The van der Waals surface area contributed by atoms with Crippen molar-refractivity contribution in [3.8, 4) is 0 Å². The second kappa shape index (κ2) is 14.0. The molecule has 1 aromatic rings. The lowest BCUT2D eigenvalue weighted by atomic mass is 9.85. The quantitative estimate of drug-likeness (QED) is 0.362. The maximum absolute atomic E-state index is 12.8. The van der Waals surface area contributed by atoms with Gasteiger partial charge < -0.3 is 20.8 Å². The van der Waals surface area contributed by atoms with E-state index in [1.807, 2.05) is 30.3 Å². The first kappa shape index (κ1) is 25.1. The molecule has 4 N–H and O–H groups in total. The Morgan fingerprint density at radius 1 is 1.03 bits per heavy atom. The third-order valence-corrected chi connectivity index (χ3v) is 6.07. The molecule has 1 aliphatic rings. The summed E-state index contributed by atoms with van der Waals surface area (Å²) in [6, 6.07) is 8.96. The first-order valence-corrected chi connectivity index (χ1v) is 11.5. The van der Waals surface area contributed by atoms with Crippen molar-refractivity contribution >= 4 is 11.8 Å². The number of allylic oxidation sites excluding steroid dienone is 1. The molecule has 1 aliphatic carbocycles. The molecule has 0 heterocycles. The minimum absolute atomic E-state index is 0.0186. The van der Waals surface area contributed by atoms with Crippen molar-refractivity contribution < 1.29 is 19.8 Å². The molecule has 172 valence electrons. The van der Waals surface area contributed by atoms with Crippen LogP contribution in [0.25, 0.3) is 0 Å². The van der Waals surface area contributed by atoms with Gasteiger partial charge >= 0.3 is 0 Å². The molecular weight excluding hydrogens is 392 g/mol. The third-order valence-electron chi connectivity index (χ3n) is 6.07. The van der Waals surface area contributed by atoms with Gasteiger partial charge in [-0.25, -0.2) is 0 Å². The predicted octanol–water partition coefficient (Wildman–Crippen LogP) is 2.74. The highest BCUT2D eigenvalue weighted by Gasteiger charge is 2.26. The van der Waals surface area contributed by atoms with Gasteiger partial charge in [-0.3, -0.25) is 9.59 Å². The number of benzene rings is 1. The zero-order chi connectivity index (χ0) is 22.5. The Morgan fingerprint density at radius 2 is 1.71 bits per heavy atom. The largest absolute Gasteiger partial charge is 0.394 e. The Morgan fingerprint density at radius 3 is 2.32 bits per heavy atom. The summed E-state index contributed by atoms with van der Waals surface area (Å²) in [7, 11) is 0. The van der Waals surface area contributed by atoms with Crippen molar-refractivity contribution in [1.82, 2.24) is 10.6 Å². The Hall–Kier alpha value is -2.18. The van der Waals surface area contributed by atoms with E-state index in [0.29, 0.717) is 18.8 Å². The van der Waals surface area contributed by atoms with Gasteiger partial charge in [0.05, 0.1) is 31.2 Å². The molecule has 0 bridgehead atoms. The first-order valence-electron chi connectivity index (χ1n) is 11.5. The van der Waals surface area contributed by atoms with Crippen LogP contribution in [0.4, 0.5) is 0 Å². The molecule has 2 rings (SSSR count). The fourth-order valence-corrected chi connectivity index (χ4v) is 4.38. The molecule has 1 aromatic carbocycles. The minimum atomic E-state index is -0.547. The second-order valence-electron chi connectivity index (χ2n) is 8.69. The van der Waals surface area contributed by atoms with Crippen LogP contribution < -0.4 is 10.6 Å². The van der Waals surface area contributed by atoms with E-state index >= 15 is 0 Å². The summed E-state index contributed by atoms with van der Waals surface area (Å²) in [5, 5.41) is 25.2. The molecule has 1 saturated carbocycles. The summed E-state index contributed by atoms with van der Waals surface area (Å²) in [5.74, 6) is -0.511. The molecule has 2 amide bonds. The third kappa shape index (κ3) is 9.23. The van der Waals surface area contributed by atoms with Crippen molar-refractivity contribution in [2.24, 2.45) is 11.8 Å². The van der Waals surface area contributed by atoms with E-state index in [4.69, 9.17) is 0 Å². The number of nitrogens with one attached hydrogen (secondary N) is 2. The SMILES string of the molecule is C=CC[C@H](CC(=O)N[C@@H](CO)Cc1ccccc1)C(=O)N[C@H](CO)CC1CCCCC1. The molecule has 1 fully saturated rings. The number of carbonyl (C=O) groups is 2. The maximum Gasteiger partial charge on any atom is 0.224 e. The van der Waals surface area contributed by atoms with E-state index in [0.717, 1.165) is 24.8 Å². The van der Waals surface area contributed by atoms with Gasteiger partial charge in [0.1, 0.15) is 0 Å². The van der Waals surface area contributed by atoms with E-state index in [1.165, 1.54) is 19.3 Å². The maximum atomic E-state index is 12.8. The van der Waals surface area contributed by atoms with Crippen LogP contribution in [-0.4, -0.2) is 47.3 Å². The van der Waals surface area contributed by atoms with E-state index in [1.54, 1.807) is 6.08 Å². The molecule has 6 nitrogen and oxygen atoms in total. The van der Waals surface area contributed by atoms with E-state index in [-0.39, 0.29) is 37.5 Å². The van der Waals surface area contributed by atoms with Crippen molar-refractivity contribution in [1.29, 1.82) is 0 Å². The molecule has 31 heavy (non-hydrogen) atoms. The van der Waals surface area contributed by atoms with E-state index in [2.05, 4.69) is 17.2 Å². The van der Waals surface area contributed by atoms with Crippen molar-refractivity contribution in [2.45, 2.75) is 69.9 Å². The highest BCUT2D eigenvalue weighted by Crippen LogP contribution is 2.27. The lowest BCUT2D eigenvalue weighted by Crippen LogP contribution is -2.45. The normalized spacial score (nSPS) is 17.4. The van der Waals surface area contributed by atoms with Gasteiger partial charge in [0, 0.05) is 6.42 Å². The summed E-state index contributed by atoms with van der Waals surface area (Å²) >= 11 is 0. The van der Waals surface area contributed by atoms with Crippen LogP contribution in [0.2, 0.25) is 0 Å². The average Bonchev–Trinajstić information content (AvgIpc) is 2.79. The number of amides is 2. The zero-order valence-electron chi connectivity index (χ0n) is 18.5. The smallest absolute Gasteiger partial charge is 0.224 e. The molecule has 3 atom stereocenters. The molecule has 0 aromatic heterocycles. The van der Waals surface area contributed by atoms with Crippen LogP contribution in [0.1, 0.15) is 56.9 Å². The molecule has 0 spiro atoms. The second-order valence-corrected chi connectivity index (χ2v) is 8.69. The van der Waals surface area contributed by atoms with Gasteiger partial charge in [0.2, 0.25) is 11.8 Å². The topological polar surface area (TPSA) is 98.7 Å². The van der Waals surface area contributed by atoms with Gasteiger partial charge in [-0.1, -0.05) is 68.5 Å². The molecule has 6 heteroatoms. The summed E-state index contributed by atoms with van der Waals surface area (Å²) in [6.45, 7) is 3.44. The number of hydrogen-bond donors (Lipinski definition) is 4. The minimum Gasteiger partial charge on any atom is -0.394 e. The van der Waals surface area contributed by atoms with Crippen molar-refractivity contribution in [3.63, 3.8) is 0 Å². The summed E-state index contributed by atoms with van der Waals surface area (Å²) < 4.78 is 0. The monoisotopic (exact) mass is 430 g/mol. The number of rotatable bonds is 13. The fourth-order valence-electron chi connectivity index (χ4n) is 4.38. The van der Waals surface area contributed by atoms with Crippen molar-refractivity contribution in [2.75, 3.05) is 13.2 Å². The Bertz CT molecular complexity index is 673. The summed E-state index contributed by atoms with van der Waals surface area (Å²) in [5.41, 5.74) is 1.02. The van der Waals surface area contributed by atoms with Crippen LogP contribution >= 0.6 is 0 Å². The van der Waals surface area contributed by atoms with Crippen LogP contribution in [0.15, 0.2) is 43.0 Å². The summed E-state index contributed by atoms with van der Waals surface area (Å²) in [4.78, 5) is 25.4. The fraction of sp³-hybridized carbons (Fsp3) is 0.600. The van der Waals surface area contributed by atoms with Gasteiger partial charge in [-0.2, -0.15) is 0 Å². The van der Waals surface area contributed by atoms with Gasteiger partial charge in [-0.05, 0) is 30.7 Å². The molecule has 0 aliphatic heterocycles. The predicted molar refractivity (Wildman–Crippen MR) is 122 cm³/mol. The first-order chi connectivity index (χ1) is 15.0. The lowest BCUT2D eigenvalue weighted by molar-refractivity contribution is -0.131. The number of hydrogen-bond acceptors (Lipinski definition) is 4. The van der Waals surface area contributed by atoms with Gasteiger partial charge in [-0.15, -0.1) is 6.58 Å². The molecule has 0 unspecified atom stereocenters. The van der Waals surface area contributed by atoms with Crippen LogP contribution in [0.5, 0.6) is 0 Å². The molecule has 0 radical (unpaired) electrons. The lowest BCUT2D eigenvalue weighted by Gasteiger charge is -2.27. The number of carbonyl (C=O) groups excluding carboxylic acids is 2. The van der Waals surface area contributed by atoms with E-state index < -0.39 is 12.0 Å². The number of aliphatic hydroxyl groups is 2. The van der Waals surface area contributed by atoms with Gasteiger partial charge in [0.15, 0.2) is 0 Å². The number of aliphatic hydroxyl groups excluding tert-OH is 2. The van der Waals surface area contributed by atoms with Gasteiger partial charge in [0.25, 0.3) is 0 Å². The Labute approximate surface area is 186 Å². The Kier molecular flexibility index (Phi) is 11.3. The van der Waals surface area contributed by atoms with Crippen LogP contribution in [-0.2, 0) is 16.0 Å².